The molecule has 0 fully saturated rings. The summed E-state index contributed by atoms with van der Waals surface area (Å²) in [4.78, 5) is 4.12. The molecule has 0 aliphatic carbocycles. The van der Waals surface area contributed by atoms with E-state index in [0.717, 1.165) is 10.6 Å². The molecule has 0 saturated carbocycles. The third-order valence-corrected chi connectivity index (χ3v) is 3.60. The second-order valence-electron chi connectivity index (χ2n) is 2.92. The van der Waals surface area contributed by atoms with Crippen LogP contribution < -0.4 is 0 Å². The predicted octanol–water partition coefficient (Wildman–Crippen LogP) is 2.46. The van der Waals surface area contributed by atoms with Crippen LogP contribution in [0.3, 0.4) is 0 Å². The molecule has 4 heteroatoms. The lowest BCUT2D eigenvalue weighted by Crippen LogP contribution is -2.21. The van der Waals surface area contributed by atoms with Gasteiger partial charge in [-0.05, 0) is 23.8 Å². The van der Waals surface area contributed by atoms with E-state index in [2.05, 4.69) is 4.98 Å². The van der Waals surface area contributed by atoms with Crippen LogP contribution in [0.25, 0.3) is 0 Å². The normalized spacial score (nSPS) is 15.5. The maximum atomic E-state index is 10.2. The third-order valence-electron chi connectivity index (χ3n) is 1.93. The second kappa shape index (κ2) is 3.21. The molecule has 0 amide bonds. The fourth-order valence-electron chi connectivity index (χ4n) is 1.13. The van der Waals surface area contributed by atoms with Gasteiger partial charge in [0, 0.05) is 17.1 Å². The highest BCUT2D eigenvalue weighted by molar-refractivity contribution is 7.09. The minimum Gasteiger partial charge on any atom is -0.378 e. The number of aliphatic hydroxyl groups is 1. The van der Waals surface area contributed by atoms with Crippen molar-refractivity contribution in [3.63, 3.8) is 0 Å². The zero-order valence-corrected chi connectivity index (χ0v) is 8.73. The molecule has 0 aliphatic heterocycles. The quantitative estimate of drug-likeness (QED) is 0.827. The summed E-state index contributed by atoms with van der Waals surface area (Å²) >= 11 is 3.05. The van der Waals surface area contributed by atoms with Crippen LogP contribution in [0.4, 0.5) is 0 Å². The van der Waals surface area contributed by atoms with E-state index in [-0.39, 0.29) is 0 Å². The molecule has 2 aromatic heterocycles. The van der Waals surface area contributed by atoms with Gasteiger partial charge in [0.15, 0.2) is 0 Å². The summed E-state index contributed by atoms with van der Waals surface area (Å²) in [6, 6.07) is 1.92. The van der Waals surface area contributed by atoms with Gasteiger partial charge in [0.1, 0.15) is 10.6 Å². The predicted molar refractivity (Wildman–Crippen MR) is 55.1 cm³/mol. The first-order chi connectivity index (χ1) is 6.21. The number of aromatic nitrogens is 1. The first kappa shape index (κ1) is 8.87. The number of hydrogen-bond acceptors (Lipinski definition) is 4. The second-order valence-corrected chi connectivity index (χ2v) is 4.60. The average molecular weight is 211 g/mol. The molecule has 2 aromatic rings. The summed E-state index contributed by atoms with van der Waals surface area (Å²) in [7, 11) is 0. The van der Waals surface area contributed by atoms with Crippen molar-refractivity contribution in [1.82, 2.24) is 4.98 Å². The van der Waals surface area contributed by atoms with Crippen LogP contribution in [0.2, 0.25) is 0 Å². The molecule has 2 rings (SSSR count). The maximum Gasteiger partial charge on any atom is 0.139 e. The van der Waals surface area contributed by atoms with Crippen LogP contribution in [-0.4, -0.2) is 10.1 Å². The third kappa shape index (κ3) is 1.52. The van der Waals surface area contributed by atoms with Gasteiger partial charge in [-0.15, -0.1) is 11.3 Å². The van der Waals surface area contributed by atoms with Crippen molar-refractivity contribution in [3.8, 4) is 0 Å². The van der Waals surface area contributed by atoms with Crippen molar-refractivity contribution >= 4 is 22.7 Å². The van der Waals surface area contributed by atoms with Crippen molar-refractivity contribution in [1.29, 1.82) is 0 Å². The highest BCUT2D eigenvalue weighted by atomic mass is 32.1. The minimum atomic E-state index is -0.936. The standard InChI is InChI=1S/C9H9NOS2/c1-9(11,7-2-4-12-6-7)8-10-3-5-13-8/h2-6,11H,1H3. The molecule has 13 heavy (non-hydrogen) atoms. The summed E-state index contributed by atoms with van der Waals surface area (Å²) in [5.74, 6) is 0. The number of thiophene rings is 1. The molecule has 2 nitrogen and oxygen atoms in total. The first-order valence-corrected chi connectivity index (χ1v) is 5.68. The number of nitrogens with zero attached hydrogens (tertiary/aromatic N) is 1. The fourth-order valence-corrected chi connectivity index (χ4v) is 2.61. The van der Waals surface area contributed by atoms with E-state index in [1.165, 1.54) is 11.3 Å². The van der Waals surface area contributed by atoms with E-state index >= 15 is 0 Å². The van der Waals surface area contributed by atoms with E-state index in [4.69, 9.17) is 0 Å². The van der Waals surface area contributed by atoms with Gasteiger partial charge in [-0.2, -0.15) is 11.3 Å². The van der Waals surface area contributed by atoms with Gasteiger partial charge in [-0.25, -0.2) is 4.98 Å². The van der Waals surface area contributed by atoms with Gasteiger partial charge >= 0.3 is 0 Å². The Morgan fingerprint density at radius 2 is 2.31 bits per heavy atom. The molecule has 1 N–H and O–H groups in total. The number of rotatable bonds is 2. The Kier molecular flexibility index (Phi) is 2.19. The van der Waals surface area contributed by atoms with E-state index in [1.807, 2.05) is 22.2 Å². The van der Waals surface area contributed by atoms with Gasteiger partial charge in [0.25, 0.3) is 0 Å². The van der Waals surface area contributed by atoms with Crippen LogP contribution in [0, 0.1) is 0 Å². The SMILES string of the molecule is CC(O)(c1ccsc1)c1nccs1. The summed E-state index contributed by atoms with van der Waals surface area (Å²) in [5.41, 5.74) is -0.0267. The zero-order chi connectivity index (χ0) is 9.31. The van der Waals surface area contributed by atoms with Crippen molar-refractivity contribution in [2.45, 2.75) is 12.5 Å². The molecule has 1 unspecified atom stereocenters. The Bertz CT molecular complexity index is 328. The molecule has 0 aromatic carbocycles. The smallest absolute Gasteiger partial charge is 0.139 e. The molecule has 2 heterocycles. The summed E-state index contributed by atoms with van der Waals surface area (Å²) < 4.78 is 0. The van der Waals surface area contributed by atoms with Crippen LogP contribution in [0.15, 0.2) is 28.4 Å². The van der Waals surface area contributed by atoms with Crippen molar-refractivity contribution < 1.29 is 5.11 Å². The van der Waals surface area contributed by atoms with E-state index in [0.29, 0.717) is 0 Å². The van der Waals surface area contributed by atoms with Crippen molar-refractivity contribution in [2.24, 2.45) is 0 Å². The lowest BCUT2D eigenvalue weighted by atomic mass is 10.0. The van der Waals surface area contributed by atoms with Gasteiger partial charge < -0.3 is 5.11 Å². The molecular weight excluding hydrogens is 202 g/mol. The Morgan fingerprint density at radius 1 is 1.46 bits per heavy atom. The Balaban J connectivity index is 2.42. The monoisotopic (exact) mass is 211 g/mol. The highest BCUT2D eigenvalue weighted by Gasteiger charge is 2.28. The number of thiazole rings is 1. The van der Waals surface area contributed by atoms with Crippen LogP contribution in [0.1, 0.15) is 17.5 Å². The van der Waals surface area contributed by atoms with E-state index < -0.39 is 5.60 Å². The zero-order valence-electron chi connectivity index (χ0n) is 7.10. The Hall–Kier alpha value is -0.710. The van der Waals surface area contributed by atoms with Crippen molar-refractivity contribution in [3.05, 3.63) is 39.0 Å². The van der Waals surface area contributed by atoms with Gasteiger partial charge in [-0.1, -0.05) is 0 Å². The number of hydrogen-bond donors (Lipinski definition) is 1. The lowest BCUT2D eigenvalue weighted by molar-refractivity contribution is 0.102. The molecule has 1 atom stereocenters. The molecular formula is C9H9NOS2. The topological polar surface area (TPSA) is 33.1 Å². The van der Waals surface area contributed by atoms with Crippen LogP contribution in [0.5, 0.6) is 0 Å². The molecule has 68 valence electrons. The van der Waals surface area contributed by atoms with Gasteiger partial charge in [-0.3, -0.25) is 0 Å². The summed E-state index contributed by atoms with van der Waals surface area (Å²) in [6.45, 7) is 1.77. The highest BCUT2D eigenvalue weighted by Crippen LogP contribution is 2.31. The Morgan fingerprint density at radius 3 is 2.85 bits per heavy atom. The minimum absolute atomic E-state index is 0.742. The van der Waals surface area contributed by atoms with E-state index in [9.17, 15) is 5.11 Å². The fraction of sp³-hybridized carbons (Fsp3) is 0.222. The van der Waals surface area contributed by atoms with Gasteiger partial charge in [0.05, 0.1) is 0 Å². The average Bonchev–Trinajstić information content (AvgIpc) is 2.78. The van der Waals surface area contributed by atoms with Gasteiger partial charge in [0.2, 0.25) is 0 Å². The maximum absolute atomic E-state index is 10.2. The van der Waals surface area contributed by atoms with E-state index in [1.54, 1.807) is 24.5 Å². The molecule has 0 spiro atoms. The van der Waals surface area contributed by atoms with Crippen LogP contribution >= 0.6 is 22.7 Å². The molecule has 0 bridgehead atoms. The lowest BCUT2D eigenvalue weighted by Gasteiger charge is -2.18. The Labute approximate surface area is 84.5 Å². The molecule has 0 radical (unpaired) electrons. The molecule has 0 saturated heterocycles. The summed E-state index contributed by atoms with van der Waals surface area (Å²) in [6.07, 6.45) is 1.71. The largest absolute Gasteiger partial charge is 0.378 e. The van der Waals surface area contributed by atoms with Crippen LogP contribution in [-0.2, 0) is 5.60 Å². The van der Waals surface area contributed by atoms with Crippen molar-refractivity contribution in [2.75, 3.05) is 0 Å². The summed E-state index contributed by atoms with van der Waals surface area (Å²) in [5, 5.41) is 16.7. The first-order valence-electron chi connectivity index (χ1n) is 3.86. The molecule has 0 aliphatic rings.